The van der Waals surface area contributed by atoms with Gasteiger partial charge < -0.3 is 25.8 Å². The molecule has 198 valence electrons. The molecule has 3 amide bonds. The number of piperidine rings is 1. The number of benzene rings is 2. The zero-order chi connectivity index (χ0) is 27.1. The molecule has 38 heavy (non-hydrogen) atoms. The van der Waals surface area contributed by atoms with E-state index in [-0.39, 0.29) is 47.0 Å². The molecule has 4 N–H and O–H groups in total. The van der Waals surface area contributed by atoms with Crippen LogP contribution < -0.4 is 15.8 Å². The van der Waals surface area contributed by atoms with E-state index in [9.17, 15) is 23.6 Å². The number of ketones is 1. The summed E-state index contributed by atoms with van der Waals surface area (Å²) in [6, 6.07) is 7.14. The summed E-state index contributed by atoms with van der Waals surface area (Å²) in [5.74, 6) is -1.43. The molecule has 1 aliphatic carbocycles. The van der Waals surface area contributed by atoms with Crippen molar-refractivity contribution in [1.82, 2.24) is 9.47 Å². The molecule has 2 heterocycles. The first-order valence-corrected chi connectivity index (χ1v) is 12.4. The number of likely N-dealkylation sites (tertiary alicyclic amines) is 1. The van der Waals surface area contributed by atoms with Crippen molar-refractivity contribution >= 4 is 52.0 Å². The quantitative estimate of drug-likeness (QED) is 0.392. The zero-order valence-corrected chi connectivity index (χ0v) is 20.8. The number of primary amides is 1. The molecule has 1 aromatic heterocycles. The van der Waals surface area contributed by atoms with Gasteiger partial charge in [0.1, 0.15) is 11.6 Å². The number of urea groups is 1. The van der Waals surface area contributed by atoms with Crippen LogP contribution in [0.4, 0.5) is 19.7 Å². The van der Waals surface area contributed by atoms with Gasteiger partial charge in [0.25, 0.3) is 0 Å². The minimum absolute atomic E-state index is 0.00953. The first-order chi connectivity index (χ1) is 18.1. The van der Waals surface area contributed by atoms with Gasteiger partial charge in [0, 0.05) is 24.0 Å². The molecule has 5 rings (SSSR count). The molecular formula is C26H24ClFN4O6. The average molecular weight is 543 g/mol. The molecule has 1 saturated carbocycles. The van der Waals surface area contributed by atoms with Crippen molar-refractivity contribution < 1.29 is 33.4 Å². The standard InChI is InChI=1S/C26H24ClFN4O6/c27-17-3-1-2-13(24(17)28)4-7-22(33)21-9-14-8-20(14)32(21)26(37)30-18-11-31(25(29)36)19-6-5-15(10-16(18)19)38-12-23(34)35/h1-3,5-6,10-11,14,20-21H,4,7-9,12H2,(H2,29,36)(H,30,37)(H,34,35)/t14-,20-,21+/m1/s1. The van der Waals surface area contributed by atoms with E-state index in [4.69, 9.17) is 27.2 Å². The lowest BCUT2D eigenvalue weighted by Crippen LogP contribution is -2.45. The predicted molar refractivity (Wildman–Crippen MR) is 136 cm³/mol. The van der Waals surface area contributed by atoms with Crippen LogP contribution >= 0.6 is 11.6 Å². The number of carboxylic acids is 1. The van der Waals surface area contributed by atoms with Crippen LogP contribution in [0.1, 0.15) is 24.8 Å². The highest BCUT2D eigenvalue weighted by Gasteiger charge is 2.55. The molecule has 2 aromatic carbocycles. The Bertz CT molecular complexity index is 1470. The summed E-state index contributed by atoms with van der Waals surface area (Å²) >= 11 is 5.84. The SMILES string of the molecule is NC(=O)n1cc(NC(=O)N2[C@@H]3C[C@@H]3C[C@H]2C(=O)CCc2cccc(Cl)c2F)c2cc(OCC(=O)O)ccc21. The zero-order valence-electron chi connectivity index (χ0n) is 20.0. The van der Waals surface area contributed by atoms with Crippen molar-refractivity contribution in [3.8, 4) is 5.75 Å². The Balaban J connectivity index is 1.35. The molecule has 2 fully saturated rings. The first-order valence-electron chi connectivity index (χ1n) is 12.0. The number of carbonyl (C=O) groups is 4. The number of aryl methyl sites for hydroxylation is 1. The number of carbonyl (C=O) groups excluding carboxylic acids is 3. The lowest BCUT2D eigenvalue weighted by Gasteiger charge is -2.27. The number of anilines is 1. The number of hydrogen-bond donors (Lipinski definition) is 3. The lowest BCUT2D eigenvalue weighted by molar-refractivity contribution is -0.139. The third-order valence-electron chi connectivity index (χ3n) is 7.00. The maximum atomic E-state index is 14.3. The minimum atomic E-state index is -1.16. The van der Waals surface area contributed by atoms with E-state index in [0.29, 0.717) is 22.9 Å². The molecule has 0 radical (unpaired) electrons. The Labute approximate surface area is 221 Å². The van der Waals surface area contributed by atoms with Crippen molar-refractivity contribution in [2.24, 2.45) is 11.7 Å². The van der Waals surface area contributed by atoms with Gasteiger partial charge in [0.05, 0.1) is 22.3 Å². The monoisotopic (exact) mass is 542 g/mol. The molecule has 12 heteroatoms. The van der Waals surface area contributed by atoms with E-state index in [2.05, 4.69) is 5.32 Å². The van der Waals surface area contributed by atoms with Crippen molar-refractivity contribution in [3.63, 3.8) is 0 Å². The van der Waals surface area contributed by atoms with Crippen LogP contribution in [-0.2, 0) is 16.0 Å². The van der Waals surface area contributed by atoms with Crippen LogP contribution in [0.25, 0.3) is 10.9 Å². The number of nitrogens with zero attached hydrogens (tertiary/aromatic N) is 2. The highest BCUT2D eigenvalue weighted by Crippen LogP contribution is 2.48. The summed E-state index contributed by atoms with van der Waals surface area (Å²) in [6.45, 7) is -0.566. The Morgan fingerprint density at radius 1 is 1.18 bits per heavy atom. The molecule has 3 aromatic rings. The summed E-state index contributed by atoms with van der Waals surface area (Å²) in [5.41, 5.74) is 6.46. The number of amides is 3. The number of halogens is 2. The van der Waals surface area contributed by atoms with Gasteiger partial charge in [-0.15, -0.1) is 0 Å². The van der Waals surface area contributed by atoms with Gasteiger partial charge in [0.2, 0.25) is 0 Å². The van der Waals surface area contributed by atoms with Crippen molar-refractivity contribution in [1.29, 1.82) is 0 Å². The second-order valence-electron chi connectivity index (χ2n) is 9.44. The number of hydrogen-bond acceptors (Lipinski definition) is 5. The summed E-state index contributed by atoms with van der Waals surface area (Å²) in [7, 11) is 0. The largest absolute Gasteiger partial charge is 0.482 e. The molecule has 3 atom stereocenters. The van der Waals surface area contributed by atoms with E-state index in [0.717, 1.165) is 11.0 Å². The first kappa shape index (κ1) is 25.5. The molecular weight excluding hydrogens is 519 g/mol. The Morgan fingerprint density at radius 2 is 1.97 bits per heavy atom. The van der Waals surface area contributed by atoms with Crippen molar-refractivity contribution in [2.75, 3.05) is 11.9 Å². The molecule has 10 nitrogen and oxygen atoms in total. The highest BCUT2D eigenvalue weighted by atomic mass is 35.5. The molecule has 0 spiro atoms. The predicted octanol–water partition coefficient (Wildman–Crippen LogP) is 4.02. The van der Waals surface area contributed by atoms with Gasteiger partial charge in [-0.3, -0.25) is 9.36 Å². The summed E-state index contributed by atoms with van der Waals surface area (Å²) in [4.78, 5) is 50.9. The Hall–Kier alpha value is -4.12. The maximum absolute atomic E-state index is 14.3. The number of carboxylic acid groups (broad SMARTS) is 1. The number of rotatable bonds is 8. The lowest BCUT2D eigenvalue weighted by atomic mass is 10.00. The van der Waals surface area contributed by atoms with Gasteiger partial charge in [-0.05, 0) is 55.0 Å². The van der Waals surface area contributed by atoms with Gasteiger partial charge in [-0.2, -0.15) is 0 Å². The second kappa shape index (κ2) is 9.97. The smallest absolute Gasteiger partial charge is 0.341 e. The fraction of sp³-hybridized carbons (Fsp3) is 0.308. The van der Waals surface area contributed by atoms with Gasteiger partial charge in [-0.25, -0.2) is 18.8 Å². The number of aromatic nitrogens is 1. The Kier molecular flexibility index (Phi) is 6.70. The Morgan fingerprint density at radius 3 is 2.71 bits per heavy atom. The molecule has 1 aliphatic heterocycles. The molecule has 0 unspecified atom stereocenters. The van der Waals surface area contributed by atoms with Crippen LogP contribution in [0.2, 0.25) is 5.02 Å². The summed E-state index contributed by atoms with van der Waals surface area (Å²) < 4.78 is 20.6. The highest BCUT2D eigenvalue weighted by molar-refractivity contribution is 6.30. The number of aliphatic carboxylic acids is 1. The maximum Gasteiger partial charge on any atom is 0.341 e. The van der Waals surface area contributed by atoms with E-state index < -0.39 is 36.5 Å². The van der Waals surface area contributed by atoms with Crippen LogP contribution in [0.5, 0.6) is 5.75 Å². The van der Waals surface area contributed by atoms with Crippen LogP contribution in [0.15, 0.2) is 42.6 Å². The normalized spacial score (nSPS) is 19.7. The van der Waals surface area contributed by atoms with Gasteiger partial charge in [0.15, 0.2) is 12.4 Å². The van der Waals surface area contributed by atoms with E-state index in [1.165, 1.54) is 35.4 Å². The second-order valence-corrected chi connectivity index (χ2v) is 9.85. The van der Waals surface area contributed by atoms with Crippen LogP contribution in [0, 0.1) is 11.7 Å². The third kappa shape index (κ3) is 4.89. The van der Waals surface area contributed by atoms with Crippen LogP contribution in [0.3, 0.4) is 0 Å². The average Bonchev–Trinajstić information content (AvgIpc) is 3.39. The van der Waals surface area contributed by atoms with Gasteiger partial charge >= 0.3 is 18.0 Å². The third-order valence-corrected chi connectivity index (χ3v) is 7.29. The number of fused-ring (bicyclic) bond motifs is 2. The number of nitrogens with one attached hydrogen (secondary N) is 1. The molecule has 1 saturated heterocycles. The molecule has 2 aliphatic rings. The van der Waals surface area contributed by atoms with Crippen molar-refractivity contribution in [2.45, 2.75) is 37.8 Å². The molecule has 0 bridgehead atoms. The summed E-state index contributed by atoms with van der Waals surface area (Å²) in [6.07, 6.45) is 2.90. The fourth-order valence-corrected chi connectivity index (χ4v) is 5.30. The van der Waals surface area contributed by atoms with E-state index >= 15 is 0 Å². The number of nitrogens with two attached hydrogens (primary N) is 1. The van der Waals surface area contributed by atoms with E-state index in [1.54, 1.807) is 12.1 Å². The topological polar surface area (TPSA) is 144 Å². The van der Waals surface area contributed by atoms with Gasteiger partial charge in [-0.1, -0.05) is 23.7 Å². The fourth-order valence-electron chi connectivity index (χ4n) is 5.11. The summed E-state index contributed by atoms with van der Waals surface area (Å²) in [5, 5.41) is 12.1. The number of ether oxygens (including phenoxy) is 1. The van der Waals surface area contributed by atoms with E-state index in [1.807, 2.05) is 0 Å². The van der Waals surface area contributed by atoms with Crippen molar-refractivity contribution in [3.05, 3.63) is 59.0 Å². The number of Topliss-reactive ketones (excluding diaryl/α,β-unsaturated/α-hetero) is 1. The van der Waals surface area contributed by atoms with Crippen LogP contribution in [-0.4, -0.2) is 57.1 Å². The minimum Gasteiger partial charge on any atom is -0.482 e.